The average Bonchev–Trinajstić information content (AvgIpc) is 2.79. The molecule has 3 rings (SSSR count). The Bertz CT molecular complexity index is 904. The minimum Gasteiger partial charge on any atom is -0.320 e. The molecular formula is C17H19ClF3N3O2S. The number of hydrogen-bond acceptors (Lipinski definition) is 3. The molecule has 0 amide bonds. The summed E-state index contributed by atoms with van der Waals surface area (Å²) in [6.07, 6.45) is 1.31. The van der Waals surface area contributed by atoms with Crippen LogP contribution in [0.25, 0.3) is 0 Å². The minimum absolute atomic E-state index is 0. The van der Waals surface area contributed by atoms with Gasteiger partial charge in [0.05, 0.1) is 11.4 Å². The van der Waals surface area contributed by atoms with Gasteiger partial charge in [-0.2, -0.15) is 8.42 Å². The van der Waals surface area contributed by atoms with E-state index in [9.17, 15) is 21.6 Å². The normalized spacial score (nSPS) is 14.8. The van der Waals surface area contributed by atoms with E-state index in [0.717, 1.165) is 17.3 Å². The number of fused-ring (bicyclic) bond motifs is 1. The summed E-state index contributed by atoms with van der Waals surface area (Å²) >= 11 is 0. The molecule has 1 aliphatic rings. The molecule has 2 aromatic carbocycles. The van der Waals surface area contributed by atoms with Gasteiger partial charge in [-0.15, -0.1) is 12.4 Å². The Morgan fingerprint density at radius 3 is 2.19 bits per heavy atom. The van der Waals surface area contributed by atoms with Crippen LogP contribution in [0, 0.1) is 17.5 Å². The van der Waals surface area contributed by atoms with E-state index in [2.05, 4.69) is 5.32 Å². The third-order valence-corrected chi connectivity index (χ3v) is 5.88. The Kier molecular flexibility index (Phi) is 6.61. The van der Waals surface area contributed by atoms with Crippen molar-refractivity contribution < 1.29 is 21.6 Å². The molecule has 27 heavy (non-hydrogen) atoms. The molecule has 0 unspecified atom stereocenters. The molecule has 0 atom stereocenters. The standard InChI is InChI=1S/C17H18F3N3O2S.ClH/c1-21-8-4-5-9-22-15-6-2-3-7-16(15)23(26(22,24)25)17-13(19)10-12(18)11-14(17)20;/h2-3,6-7,10-11,21H,4-5,8-9H2,1H3;1H. The van der Waals surface area contributed by atoms with Gasteiger partial charge in [0.1, 0.15) is 11.5 Å². The minimum atomic E-state index is -4.24. The van der Waals surface area contributed by atoms with Gasteiger partial charge in [0, 0.05) is 18.7 Å². The number of nitrogens with zero attached hydrogens (tertiary/aromatic N) is 2. The van der Waals surface area contributed by atoms with E-state index in [1.807, 2.05) is 0 Å². The van der Waals surface area contributed by atoms with E-state index in [0.29, 0.717) is 28.5 Å². The predicted molar refractivity (Wildman–Crippen MR) is 102 cm³/mol. The number of halogens is 4. The maximum atomic E-state index is 14.3. The molecule has 148 valence electrons. The molecule has 10 heteroatoms. The lowest BCUT2D eigenvalue weighted by Crippen LogP contribution is -2.37. The highest BCUT2D eigenvalue weighted by atomic mass is 35.5. The van der Waals surface area contributed by atoms with Gasteiger partial charge in [0.25, 0.3) is 0 Å². The number of nitrogens with one attached hydrogen (secondary N) is 1. The largest absolute Gasteiger partial charge is 0.331 e. The zero-order valence-electron chi connectivity index (χ0n) is 14.5. The fraction of sp³-hybridized carbons (Fsp3) is 0.294. The van der Waals surface area contributed by atoms with E-state index in [-0.39, 0.29) is 24.6 Å². The quantitative estimate of drug-likeness (QED) is 0.723. The predicted octanol–water partition coefficient (Wildman–Crippen LogP) is 3.73. The summed E-state index contributed by atoms with van der Waals surface area (Å²) in [5.41, 5.74) is -0.345. The molecule has 2 aromatic rings. The van der Waals surface area contributed by atoms with Gasteiger partial charge >= 0.3 is 10.2 Å². The van der Waals surface area contributed by atoms with E-state index in [1.165, 1.54) is 6.07 Å². The molecule has 1 aliphatic heterocycles. The summed E-state index contributed by atoms with van der Waals surface area (Å²) < 4.78 is 69.5. The van der Waals surface area contributed by atoms with Crippen LogP contribution in [0.15, 0.2) is 36.4 Å². The van der Waals surface area contributed by atoms with Crippen LogP contribution >= 0.6 is 12.4 Å². The number of para-hydroxylation sites is 2. The highest BCUT2D eigenvalue weighted by Crippen LogP contribution is 2.46. The van der Waals surface area contributed by atoms with E-state index in [1.54, 1.807) is 25.2 Å². The summed E-state index contributed by atoms with van der Waals surface area (Å²) in [6, 6.07) is 7.19. The highest BCUT2D eigenvalue weighted by molar-refractivity contribution is 7.95. The fourth-order valence-electron chi connectivity index (χ4n) is 2.95. The van der Waals surface area contributed by atoms with Crippen LogP contribution in [-0.2, 0) is 10.2 Å². The topological polar surface area (TPSA) is 52.6 Å². The molecule has 1 heterocycles. The van der Waals surface area contributed by atoms with Crippen LogP contribution in [0.4, 0.5) is 30.2 Å². The Labute approximate surface area is 162 Å². The van der Waals surface area contributed by atoms with Crippen molar-refractivity contribution >= 4 is 39.7 Å². The second kappa shape index (κ2) is 8.37. The molecular weight excluding hydrogens is 403 g/mol. The number of anilines is 3. The van der Waals surface area contributed by atoms with E-state index >= 15 is 0 Å². The van der Waals surface area contributed by atoms with Gasteiger partial charge in [-0.25, -0.2) is 17.5 Å². The van der Waals surface area contributed by atoms with Crippen molar-refractivity contribution in [2.45, 2.75) is 12.8 Å². The second-order valence-corrected chi connectivity index (χ2v) is 7.56. The maximum absolute atomic E-state index is 14.3. The first-order chi connectivity index (χ1) is 12.4. The molecule has 0 bridgehead atoms. The number of hydrogen-bond donors (Lipinski definition) is 1. The molecule has 0 saturated carbocycles. The molecule has 5 nitrogen and oxygen atoms in total. The third-order valence-electron chi connectivity index (χ3n) is 4.10. The van der Waals surface area contributed by atoms with Crippen LogP contribution in [0.2, 0.25) is 0 Å². The number of rotatable bonds is 6. The van der Waals surface area contributed by atoms with Crippen molar-refractivity contribution in [3.8, 4) is 0 Å². The summed E-state index contributed by atoms with van der Waals surface area (Å²) in [7, 11) is -2.45. The Balaban J connectivity index is 0.00000261. The second-order valence-electron chi connectivity index (χ2n) is 5.86. The molecule has 1 N–H and O–H groups in total. The van der Waals surface area contributed by atoms with Crippen molar-refractivity contribution in [1.29, 1.82) is 0 Å². The Hall–Kier alpha value is -1.97. The summed E-state index contributed by atoms with van der Waals surface area (Å²) in [5.74, 6) is -3.67. The van der Waals surface area contributed by atoms with E-state index < -0.39 is 33.3 Å². The smallest absolute Gasteiger partial charge is 0.320 e. The molecule has 0 saturated heterocycles. The monoisotopic (exact) mass is 421 g/mol. The summed E-state index contributed by atoms with van der Waals surface area (Å²) in [4.78, 5) is 0. The van der Waals surface area contributed by atoms with Crippen LogP contribution in [0.1, 0.15) is 12.8 Å². The van der Waals surface area contributed by atoms with Gasteiger partial charge in [-0.1, -0.05) is 12.1 Å². The highest BCUT2D eigenvalue weighted by Gasteiger charge is 2.43. The molecule has 0 aliphatic carbocycles. The van der Waals surface area contributed by atoms with Gasteiger partial charge in [-0.05, 0) is 38.6 Å². The van der Waals surface area contributed by atoms with Crippen molar-refractivity contribution in [3.63, 3.8) is 0 Å². The average molecular weight is 422 g/mol. The van der Waals surface area contributed by atoms with Gasteiger partial charge in [-0.3, -0.25) is 4.31 Å². The SMILES string of the molecule is CNCCCCN1c2ccccc2N(c2c(F)cc(F)cc2F)S1(=O)=O.Cl. The lowest BCUT2D eigenvalue weighted by Gasteiger charge is -2.22. The Morgan fingerprint density at radius 2 is 1.59 bits per heavy atom. The number of benzene rings is 2. The van der Waals surface area contributed by atoms with Crippen LogP contribution in [0.3, 0.4) is 0 Å². The zero-order valence-corrected chi connectivity index (χ0v) is 16.1. The van der Waals surface area contributed by atoms with Gasteiger partial charge < -0.3 is 5.32 Å². The maximum Gasteiger partial charge on any atom is 0.331 e. The lowest BCUT2D eigenvalue weighted by atomic mass is 10.2. The van der Waals surface area contributed by atoms with Crippen LogP contribution in [0.5, 0.6) is 0 Å². The fourth-order valence-corrected chi connectivity index (χ4v) is 4.72. The summed E-state index contributed by atoms with van der Waals surface area (Å²) in [6.45, 7) is 0.891. The third kappa shape index (κ3) is 3.85. The van der Waals surface area contributed by atoms with Crippen molar-refractivity contribution in [1.82, 2.24) is 5.32 Å². The zero-order chi connectivity index (χ0) is 18.9. The van der Waals surface area contributed by atoms with Gasteiger partial charge in [0.2, 0.25) is 0 Å². The lowest BCUT2D eigenvalue weighted by molar-refractivity contribution is 0.543. The molecule has 0 fully saturated rings. The summed E-state index contributed by atoms with van der Waals surface area (Å²) in [5, 5.41) is 2.97. The molecule has 0 aromatic heterocycles. The van der Waals surface area contributed by atoms with Crippen molar-refractivity contribution in [2.75, 3.05) is 28.7 Å². The van der Waals surface area contributed by atoms with Crippen molar-refractivity contribution in [3.05, 3.63) is 53.8 Å². The van der Waals surface area contributed by atoms with Crippen LogP contribution < -0.4 is 13.9 Å². The van der Waals surface area contributed by atoms with Crippen molar-refractivity contribution in [2.24, 2.45) is 0 Å². The first-order valence-corrected chi connectivity index (χ1v) is 9.49. The van der Waals surface area contributed by atoms with E-state index in [4.69, 9.17) is 0 Å². The first kappa shape index (κ1) is 21.3. The van der Waals surface area contributed by atoms with Crippen LogP contribution in [-0.4, -0.2) is 28.6 Å². The molecule has 0 spiro atoms. The molecule has 0 radical (unpaired) electrons. The number of unbranched alkanes of at least 4 members (excludes halogenated alkanes) is 1. The Morgan fingerprint density at radius 1 is 1.00 bits per heavy atom. The first-order valence-electron chi connectivity index (χ1n) is 8.09. The van der Waals surface area contributed by atoms with Gasteiger partial charge in [0.15, 0.2) is 11.6 Å².